The van der Waals surface area contributed by atoms with Gasteiger partial charge in [-0.05, 0) is 25.8 Å². The Morgan fingerprint density at radius 3 is 2.73 bits per heavy atom. The zero-order valence-electron chi connectivity index (χ0n) is 13.2. The predicted molar refractivity (Wildman–Crippen MR) is 82.2 cm³/mol. The van der Waals surface area contributed by atoms with Crippen LogP contribution in [-0.4, -0.2) is 37.7 Å². The van der Waals surface area contributed by atoms with Crippen LogP contribution in [0.4, 0.5) is 0 Å². The standard InChI is InChI=1S/C17H22N2O3/c1-3-22-15-7-5-4-6-14(15)12-19(2)16(20)17(13-18)8-10-21-11-9-17/h4-7H,3,8-12H2,1-2H3. The van der Waals surface area contributed by atoms with Crippen molar-refractivity contribution >= 4 is 5.91 Å². The van der Waals surface area contributed by atoms with Gasteiger partial charge in [0.05, 0.1) is 12.7 Å². The van der Waals surface area contributed by atoms with Crippen LogP contribution in [0.15, 0.2) is 24.3 Å². The van der Waals surface area contributed by atoms with Crippen molar-refractivity contribution in [3.05, 3.63) is 29.8 Å². The van der Waals surface area contributed by atoms with Gasteiger partial charge in [0.2, 0.25) is 5.91 Å². The summed E-state index contributed by atoms with van der Waals surface area (Å²) in [6, 6.07) is 9.89. The first-order valence-corrected chi connectivity index (χ1v) is 7.58. The largest absolute Gasteiger partial charge is 0.494 e. The van der Waals surface area contributed by atoms with Crippen molar-refractivity contribution in [1.29, 1.82) is 5.26 Å². The van der Waals surface area contributed by atoms with Gasteiger partial charge in [0.15, 0.2) is 0 Å². The summed E-state index contributed by atoms with van der Waals surface area (Å²) in [4.78, 5) is 14.3. The number of hydrogen-bond donors (Lipinski definition) is 0. The minimum Gasteiger partial charge on any atom is -0.494 e. The van der Waals surface area contributed by atoms with Crippen LogP contribution < -0.4 is 4.74 Å². The number of benzene rings is 1. The van der Waals surface area contributed by atoms with Gasteiger partial charge in [0.1, 0.15) is 11.2 Å². The van der Waals surface area contributed by atoms with Crippen LogP contribution in [0.2, 0.25) is 0 Å². The molecule has 0 aromatic heterocycles. The molecule has 1 aliphatic heterocycles. The lowest BCUT2D eigenvalue weighted by Crippen LogP contribution is -2.44. The van der Waals surface area contributed by atoms with E-state index in [1.54, 1.807) is 11.9 Å². The second kappa shape index (κ2) is 7.28. The third-order valence-corrected chi connectivity index (χ3v) is 4.00. The van der Waals surface area contributed by atoms with Gasteiger partial charge in [-0.25, -0.2) is 0 Å². The van der Waals surface area contributed by atoms with Crippen LogP contribution in [0.1, 0.15) is 25.3 Å². The van der Waals surface area contributed by atoms with Crippen molar-refractivity contribution in [1.82, 2.24) is 4.90 Å². The Hall–Kier alpha value is -2.06. The first-order chi connectivity index (χ1) is 10.6. The Labute approximate surface area is 131 Å². The summed E-state index contributed by atoms with van der Waals surface area (Å²) >= 11 is 0. The lowest BCUT2D eigenvalue weighted by Gasteiger charge is -2.33. The number of para-hydroxylation sites is 1. The van der Waals surface area contributed by atoms with Gasteiger partial charge in [-0.2, -0.15) is 5.26 Å². The number of carbonyl (C=O) groups excluding carboxylic acids is 1. The van der Waals surface area contributed by atoms with Gasteiger partial charge in [-0.15, -0.1) is 0 Å². The SMILES string of the molecule is CCOc1ccccc1CN(C)C(=O)C1(C#N)CCOCC1. The molecule has 118 valence electrons. The van der Waals surface area contributed by atoms with Crippen LogP contribution in [0, 0.1) is 16.7 Å². The molecule has 22 heavy (non-hydrogen) atoms. The molecule has 1 aromatic rings. The molecule has 0 spiro atoms. The fourth-order valence-corrected chi connectivity index (χ4v) is 2.72. The molecule has 2 rings (SSSR count). The molecule has 0 radical (unpaired) electrons. The smallest absolute Gasteiger partial charge is 0.243 e. The normalized spacial score (nSPS) is 16.6. The van der Waals surface area contributed by atoms with Crippen LogP contribution in [0.3, 0.4) is 0 Å². The third kappa shape index (κ3) is 3.40. The first-order valence-electron chi connectivity index (χ1n) is 7.58. The van der Waals surface area contributed by atoms with Gasteiger partial charge in [0.25, 0.3) is 0 Å². The summed E-state index contributed by atoms with van der Waals surface area (Å²) in [5.41, 5.74) is -0.00607. The van der Waals surface area contributed by atoms with E-state index in [0.29, 0.717) is 39.2 Å². The average Bonchev–Trinajstić information content (AvgIpc) is 2.56. The highest BCUT2D eigenvalue weighted by molar-refractivity contribution is 5.85. The first kappa shape index (κ1) is 16.3. The van der Waals surface area contributed by atoms with E-state index in [4.69, 9.17) is 9.47 Å². The molecule has 0 saturated carbocycles. The lowest BCUT2D eigenvalue weighted by molar-refractivity contribution is -0.142. The predicted octanol–water partition coefficient (Wildman–Crippen LogP) is 2.36. The fraction of sp³-hybridized carbons (Fsp3) is 0.529. The van der Waals surface area contributed by atoms with Crippen molar-refractivity contribution < 1.29 is 14.3 Å². The third-order valence-electron chi connectivity index (χ3n) is 4.00. The van der Waals surface area contributed by atoms with Crippen LogP contribution in [-0.2, 0) is 16.1 Å². The van der Waals surface area contributed by atoms with Gasteiger partial charge < -0.3 is 14.4 Å². The van der Waals surface area contributed by atoms with E-state index in [2.05, 4.69) is 6.07 Å². The van der Waals surface area contributed by atoms with Gasteiger partial charge in [-0.1, -0.05) is 18.2 Å². The zero-order valence-corrected chi connectivity index (χ0v) is 13.2. The summed E-state index contributed by atoms with van der Waals surface area (Å²) in [6.45, 7) is 3.86. The maximum Gasteiger partial charge on any atom is 0.243 e. The van der Waals surface area contributed by atoms with E-state index < -0.39 is 5.41 Å². The number of rotatable bonds is 5. The maximum atomic E-state index is 12.7. The number of nitriles is 1. The molecule has 0 atom stereocenters. The highest BCUT2D eigenvalue weighted by atomic mass is 16.5. The molecule has 1 aromatic carbocycles. The van der Waals surface area contributed by atoms with Gasteiger partial charge in [0, 0.05) is 32.4 Å². The quantitative estimate of drug-likeness (QED) is 0.837. The highest BCUT2D eigenvalue weighted by Crippen LogP contribution is 2.32. The molecule has 5 nitrogen and oxygen atoms in total. The minimum atomic E-state index is -0.951. The molecule has 0 unspecified atom stereocenters. The fourth-order valence-electron chi connectivity index (χ4n) is 2.72. The lowest BCUT2D eigenvalue weighted by atomic mass is 9.80. The Morgan fingerprint density at radius 2 is 2.09 bits per heavy atom. The second-order valence-corrected chi connectivity index (χ2v) is 5.51. The van der Waals surface area contributed by atoms with Crippen molar-refractivity contribution in [2.75, 3.05) is 26.9 Å². The van der Waals surface area contributed by atoms with E-state index in [9.17, 15) is 10.1 Å². The molecular formula is C17H22N2O3. The topological polar surface area (TPSA) is 62.6 Å². The maximum absolute atomic E-state index is 12.7. The molecule has 5 heteroatoms. The zero-order chi connectivity index (χ0) is 16.0. The summed E-state index contributed by atoms with van der Waals surface area (Å²) in [6.07, 6.45) is 0.916. The highest BCUT2D eigenvalue weighted by Gasteiger charge is 2.42. The summed E-state index contributed by atoms with van der Waals surface area (Å²) in [5.74, 6) is 0.646. The summed E-state index contributed by atoms with van der Waals surface area (Å²) < 4.78 is 10.9. The van der Waals surface area contributed by atoms with Gasteiger partial charge in [-0.3, -0.25) is 4.79 Å². The van der Waals surface area contributed by atoms with Crippen LogP contribution >= 0.6 is 0 Å². The molecule has 0 bridgehead atoms. The van der Waals surface area contributed by atoms with Crippen molar-refractivity contribution in [3.63, 3.8) is 0 Å². The molecule has 0 aliphatic carbocycles. The summed E-state index contributed by atoms with van der Waals surface area (Å²) in [5, 5.41) is 9.49. The average molecular weight is 302 g/mol. The molecule has 1 aliphatic rings. The Morgan fingerprint density at radius 1 is 1.41 bits per heavy atom. The Kier molecular flexibility index (Phi) is 5.40. The molecule has 0 N–H and O–H groups in total. The van der Waals surface area contributed by atoms with Crippen LogP contribution in [0.25, 0.3) is 0 Å². The molecule has 1 amide bonds. The Balaban J connectivity index is 2.13. The minimum absolute atomic E-state index is 0.135. The number of hydrogen-bond acceptors (Lipinski definition) is 4. The number of ether oxygens (including phenoxy) is 2. The van der Waals surface area contributed by atoms with Crippen LogP contribution in [0.5, 0.6) is 5.75 Å². The van der Waals surface area contributed by atoms with E-state index in [-0.39, 0.29) is 5.91 Å². The molecular weight excluding hydrogens is 280 g/mol. The molecule has 1 fully saturated rings. The number of nitrogens with zero attached hydrogens (tertiary/aromatic N) is 2. The van der Waals surface area contributed by atoms with Crippen molar-refractivity contribution in [3.8, 4) is 11.8 Å². The van der Waals surface area contributed by atoms with Gasteiger partial charge >= 0.3 is 0 Å². The second-order valence-electron chi connectivity index (χ2n) is 5.51. The monoisotopic (exact) mass is 302 g/mol. The molecule has 1 saturated heterocycles. The van der Waals surface area contributed by atoms with E-state index in [0.717, 1.165) is 11.3 Å². The molecule has 1 heterocycles. The summed E-state index contributed by atoms with van der Waals surface area (Å²) in [7, 11) is 1.74. The van der Waals surface area contributed by atoms with Crippen molar-refractivity contribution in [2.24, 2.45) is 5.41 Å². The van der Waals surface area contributed by atoms with E-state index >= 15 is 0 Å². The van der Waals surface area contributed by atoms with E-state index in [1.807, 2.05) is 31.2 Å². The number of amides is 1. The van der Waals surface area contributed by atoms with Crippen molar-refractivity contribution in [2.45, 2.75) is 26.3 Å². The number of carbonyl (C=O) groups is 1. The van der Waals surface area contributed by atoms with E-state index in [1.165, 1.54) is 0 Å². The Bertz CT molecular complexity index is 559.